The molecule has 0 aliphatic heterocycles. The van der Waals surface area contributed by atoms with Crippen LogP contribution in [-0.2, 0) is 13.1 Å². The van der Waals surface area contributed by atoms with Crippen LogP contribution in [0.3, 0.4) is 0 Å². The lowest BCUT2D eigenvalue weighted by Gasteiger charge is -2.28. The number of aryl methyl sites for hydroxylation is 1. The third-order valence-corrected chi connectivity index (χ3v) is 4.07. The van der Waals surface area contributed by atoms with Crippen molar-refractivity contribution in [1.29, 1.82) is 0 Å². The Kier molecular flexibility index (Phi) is 4.60. The maximum absolute atomic E-state index is 4.30. The van der Waals surface area contributed by atoms with Crippen LogP contribution in [0.25, 0.3) is 0 Å². The van der Waals surface area contributed by atoms with E-state index in [1.54, 1.807) is 0 Å². The van der Waals surface area contributed by atoms with Gasteiger partial charge in [-0.3, -0.25) is 4.68 Å². The largest absolute Gasteiger partial charge is 0.308 e. The first-order valence-corrected chi connectivity index (χ1v) is 7.05. The Morgan fingerprint density at radius 3 is 2.88 bits per heavy atom. The summed E-state index contributed by atoms with van der Waals surface area (Å²) in [4.78, 5) is 0. The van der Waals surface area contributed by atoms with Crippen molar-refractivity contribution in [2.75, 3.05) is 0 Å². The van der Waals surface area contributed by atoms with Crippen molar-refractivity contribution in [3.63, 3.8) is 0 Å². The predicted octanol–water partition coefficient (Wildman–Crippen LogP) is 2.96. The zero-order valence-electron chi connectivity index (χ0n) is 11.2. The van der Waals surface area contributed by atoms with Crippen molar-refractivity contribution >= 4 is 0 Å². The van der Waals surface area contributed by atoms with Crippen molar-refractivity contribution in [1.82, 2.24) is 15.1 Å². The first kappa shape index (κ1) is 12.6. The van der Waals surface area contributed by atoms with E-state index < -0.39 is 0 Å². The Hall–Kier alpha value is -0.830. The Bertz CT molecular complexity index is 326. The van der Waals surface area contributed by atoms with Crippen LogP contribution in [0.15, 0.2) is 12.3 Å². The molecule has 1 heterocycles. The lowest BCUT2D eigenvalue weighted by molar-refractivity contribution is 0.279. The van der Waals surface area contributed by atoms with Crippen LogP contribution >= 0.6 is 0 Å². The maximum atomic E-state index is 4.30. The Balaban J connectivity index is 1.80. The molecule has 0 unspecified atom stereocenters. The van der Waals surface area contributed by atoms with E-state index in [1.807, 2.05) is 6.20 Å². The smallest absolute Gasteiger partial charge is 0.0522 e. The second-order valence-corrected chi connectivity index (χ2v) is 5.21. The van der Waals surface area contributed by atoms with Gasteiger partial charge in [-0.2, -0.15) is 5.10 Å². The molecule has 3 heteroatoms. The van der Waals surface area contributed by atoms with Crippen molar-refractivity contribution < 1.29 is 0 Å². The summed E-state index contributed by atoms with van der Waals surface area (Å²) in [6.07, 6.45) is 8.98. The molecular formula is C14H25N3. The van der Waals surface area contributed by atoms with Gasteiger partial charge in [0.2, 0.25) is 0 Å². The second-order valence-electron chi connectivity index (χ2n) is 5.21. The quantitative estimate of drug-likeness (QED) is 0.850. The summed E-state index contributed by atoms with van der Waals surface area (Å²) in [5.41, 5.74) is 1.30. The summed E-state index contributed by atoms with van der Waals surface area (Å²) in [6.45, 7) is 6.39. The van der Waals surface area contributed by atoms with Crippen molar-refractivity contribution in [2.24, 2.45) is 5.92 Å². The molecule has 96 valence electrons. The summed E-state index contributed by atoms with van der Waals surface area (Å²) < 4.78 is 2.07. The van der Waals surface area contributed by atoms with Gasteiger partial charge in [0, 0.05) is 25.3 Å². The average molecular weight is 235 g/mol. The molecule has 0 spiro atoms. The van der Waals surface area contributed by atoms with E-state index in [-0.39, 0.29) is 0 Å². The highest BCUT2D eigenvalue weighted by atomic mass is 15.3. The molecule has 1 N–H and O–H groups in total. The Morgan fingerprint density at radius 1 is 1.41 bits per heavy atom. The SMILES string of the molecule is CCn1nccc1CN[C@@H](C)C1CCCCC1. The van der Waals surface area contributed by atoms with Crippen LogP contribution in [0.5, 0.6) is 0 Å². The summed E-state index contributed by atoms with van der Waals surface area (Å²) in [6, 6.07) is 2.75. The van der Waals surface area contributed by atoms with Gasteiger partial charge in [0.1, 0.15) is 0 Å². The number of hydrogen-bond donors (Lipinski definition) is 1. The molecule has 1 aromatic heterocycles. The van der Waals surface area contributed by atoms with Crippen LogP contribution in [0.1, 0.15) is 51.6 Å². The Labute approximate surface area is 105 Å². The van der Waals surface area contributed by atoms with E-state index in [1.165, 1.54) is 37.8 Å². The third-order valence-electron chi connectivity index (χ3n) is 4.07. The average Bonchev–Trinajstić information content (AvgIpc) is 2.84. The van der Waals surface area contributed by atoms with Gasteiger partial charge in [-0.25, -0.2) is 0 Å². The van der Waals surface area contributed by atoms with Crippen LogP contribution in [0.2, 0.25) is 0 Å². The van der Waals surface area contributed by atoms with Gasteiger partial charge >= 0.3 is 0 Å². The predicted molar refractivity (Wildman–Crippen MR) is 70.8 cm³/mol. The monoisotopic (exact) mass is 235 g/mol. The van der Waals surface area contributed by atoms with Crippen LogP contribution < -0.4 is 5.32 Å². The molecule has 0 aromatic carbocycles. The van der Waals surface area contributed by atoms with Gasteiger partial charge < -0.3 is 5.32 Å². The van der Waals surface area contributed by atoms with Gasteiger partial charge in [-0.05, 0) is 38.7 Å². The zero-order chi connectivity index (χ0) is 12.1. The minimum absolute atomic E-state index is 0.635. The van der Waals surface area contributed by atoms with Crippen molar-refractivity contribution in [2.45, 2.75) is 65.1 Å². The van der Waals surface area contributed by atoms with E-state index in [0.29, 0.717) is 6.04 Å². The first-order valence-electron chi connectivity index (χ1n) is 7.05. The summed E-state index contributed by atoms with van der Waals surface area (Å²) in [7, 11) is 0. The van der Waals surface area contributed by atoms with E-state index in [0.717, 1.165) is 19.0 Å². The van der Waals surface area contributed by atoms with Crippen LogP contribution in [0.4, 0.5) is 0 Å². The van der Waals surface area contributed by atoms with Crippen molar-refractivity contribution in [3.05, 3.63) is 18.0 Å². The first-order chi connectivity index (χ1) is 8.31. The summed E-state index contributed by atoms with van der Waals surface area (Å²) in [5, 5.41) is 7.97. The van der Waals surface area contributed by atoms with Gasteiger partial charge in [0.25, 0.3) is 0 Å². The number of nitrogens with zero attached hydrogens (tertiary/aromatic N) is 2. The molecule has 0 saturated heterocycles. The highest BCUT2D eigenvalue weighted by Gasteiger charge is 2.19. The minimum Gasteiger partial charge on any atom is -0.308 e. The number of hydrogen-bond acceptors (Lipinski definition) is 2. The van der Waals surface area contributed by atoms with E-state index in [4.69, 9.17) is 0 Å². The molecule has 1 aliphatic rings. The van der Waals surface area contributed by atoms with Gasteiger partial charge in [-0.1, -0.05) is 19.3 Å². The van der Waals surface area contributed by atoms with Gasteiger partial charge in [0.15, 0.2) is 0 Å². The van der Waals surface area contributed by atoms with E-state index >= 15 is 0 Å². The van der Waals surface area contributed by atoms with E-state index in [2.05, 4.69) is 35.0 Å². The molecule has 3 nitrogen and oxygen atoms in total. The molecule has 0 radical (unpaired) electrons. The van der Waals surface area contributed by atoms with E-state index in [9.17, 15) is 0 Å². The molecule has 0 bridgehead atoms. The normalized spacial score (nSPS) is 19.4. The Morgan fingerprint density at radius 2 is 2.18 bits per heavy atom. The second kappa shape index (κ2) is 6.20. The summed E-state index contributed by atoms with van der Waals surface area (Å²) >= 11 is 0. The molecule has 1 saturated carbocycles. The fourth-order valence-corrected chi connectivity index (χ4v) is 2.86. The third kappa shape index (κ3) is 3.32. The summed E-state index contributed by atoms with van der Waals surface area (Å²) in [5.74, 6) is 0.877. The van der Waals surface area contributed by atoms with Crippen LogP contribution in [0, 0.1) is 5.92 Å². The maximum Gasteiger partial charge on any atom is 0.0522 e. The molecule has 1 atom stereocenters. The van der Waals surface area contributed by atoms with Crippen molar-refractivity contribution in [3.8, 4) is 0 Å². The number of nitrogens with one attached hydrogen (secondary N) is 1. The lowest BCUT2D eigenvalue weighted by Crippen LogP contribution is -2.34. The van der Waals surface area contributed by atoms with Gasteiger partial charge in [0.05, 0.1) is 5.69 Å². The standard InChI is InChI=1S/C14H25N3/c1-3-17-14(9-10-16-17)11-15-12(2)13-7-5-4-6-8-13/h9-10,12-13,15H,3-8,11H2,1-2H3/t12-/m0/s1. The topological polar surface area (TPSA) is 29.9 Å². The zero-order valence-corrected chi connectivity index (χ0v) is 11.2. The molecule has 17 heavy (non-hydrogen) atoms. The fraction of sp³-hybridized carbons (Fsp3) is 0.786. The molecule has 0 amide bonds. The molecule has 1 aromatic rings. The number of rotatable bonds is 5. The lowest BCUT2D eigenvalue weighted by atomic mass is 9.84. The molecule has 2 rings (SSSR count). The highest BCUT2D eigenvalue weighted by Crippen LogP contribution is 2.26. The van der Waals surface area contributed by atoms with Crippen LogP contribution in [-0.4, -0.2) is 15.8 Å². The van der Waals surface area contributed by atoms with Gasteiger partial charge in [-0.15, -0.1) is 0 Å². The molecule has 1 aliphatic carbocycles. The number of aromatic nitrogens is 2. The molecule has 1 fully saturated rings. The fourth-order valence-electron chi connectivity index (χ4n) is 2.86. The minimum atomic E-state index is 0.635. The highest BCUT2D eigenvalue weighted by molar-refractivity contribution is 5.00. The molecular weight excluding hydrogens is 210 g/mol.